The molecule has 2 rings (SSSR count). The van der Waals surface area contributed by atoms with E-state index < -0.39 is 10.0 Å². The van der Waals surface area contributed by atoms with Gasteiger partial charge in [-0.15, -0.1) is 0 Å². The van der Waals surface area contributed by atoms with Crippen LogP contribution in [0, 0.1) is 0 Å². The summed E-state index contributed by atoms with van der Waals surface area (Å²) in [7, 11) is 2.12. The monoisotopic (exact) mass is 352 g/mol. The lowest BCUT2D eigenvalue weighted by atomic mass is 10.2. The van der Waals surface area contributed by atoms with Crippen molar-refractivity contribution in [3.8, 4) is 5.75 Å². The van der Waals surface area contributed by atoms with Gasteiger partial charge in [0.15, 0.2) is 0 Å². The zero-order valence-corrected chi connectivity index (χ0v) is 14.8. The minimum absolute atomic E-state index is 0.0488. The van der Waals surface area contributed by atoms with Crippen LogP contribution in [0.2, 0.25) is 0 Å². The Morgan fingerprint density at radius 1 is 1.21 bits per heavy atom. The maximum atomic E-state index is 12.6. The van der Waals surface area contributed by atoms with Gasteiger partial charge in [0.05, 0.1) is 19.9 Å². The first kappa shape index (κ1) is 18.0. The molecule has 8 heteroatoms. The fourth-order valence-corrected chi connectivity index (χ4v) is 3.21. The number of nitrogens with zero attached hydrogens (tertiary/aromatic N) is 2. The van der Waals surface area contributed by atoms with Crippen molar-refractivity contribution >= 4 is 15.9 Å². The first-order chi connectivity index (χ1) is 11.3. The van der Waals surface area contributed by atoms with Crippen molar-refractivity contribution in [2.24, 2.45) is 0 Å². The van der Waals surface area contributed by atoms with Crippen LogP contribution in [-0.4, -0.2) is 51.8 Å². The fourth-order valence-electron chi connectivity index (χ4n) is 2.14. The van der Waals surface area contributed by atoms with Crippen molar-refractivity contribution in [1.29, 1.82) is 0 Å². The van der Waals surface area contributed by atoms with E-state index in [1.807, 2.05) is 0 Å². The number of carbonyl (C=O) groups excluding carboxylic acids is 1. The number of amides is 1. The van der Waals surface area contributed by atoms with Gasteiger partial charge in [-0.05, 0) is 30.3 Å². The van der Waals surface area contributed by atoms with Gasteiger partial charge in [-0.1, -0.05) is 0 Å². The Kier molecular flexibility index (Phi) is 5.30. The van der Waals surface area contributed by atoms with Crippen molar-refractivity contribution in [2.75, 3.05) is 28.3 Å². The van der Waals surface area contributed by atoms with Gasteiger partial charge < -0.3 is 14.1 Å². The van der Waals surface area contributed by atoms with Crippen LogP contribution in [0.25, 0.3) is 0 Å². The van der Waals surface area contributed by atoms with E-state index in [1.54, 1.807) is 19.2 Å². The fraction of sp³-hybridized carbons (Fsp3) is 0.312. The number of methoxy groups -OCH3 is 1. The van der Waals surface area contributed by atoms with Crippen molar-refractivity contribution in [3.05, 3.63) is 47.9 Å². The minimum atomic E-state index is -3.73. The average molecular weight is 352 g/mol. The first-order valence-corrected chi connectivity index (χ1v) is 8.59. The molecule has 0 bridgehead atoms. The highest BCUT2D eigenvalue weighted by molar-refractivity contribution is 7.89. The zero-order chi connectivity index (χ0) is 17.9. The summed E-state index contributed by atoms with van der Waals surface area (Å²) in [4.78, 5) is 14.0. The molecule has 0 N–H and O–H groups in total. The normalized spacial score (nSPS) is 11.5. The summed E-state index contributed by atoms with van der Waals surface area (Å²) in [5.74, 6) is 0.513. The van der Waals surface area contributed by atoms with Crippen LogP contribution in [0.5, 0.6) is 5.75 Å². The Hall–Kier alpha value is -2.32. The third-order valence-corrected chi connectivity index (χ3v) is 5.33. The van der Waals surface area contributed by atoms with E-state index >= 15 is 0 Å². The lowest BCUT2D eigenvalue weighted by molar-refractivity contribution is 0.0775. The van der Waals surface area contributed by atoms with Crippen molar-refractivity contribution in [3.63, 3.8) is 0 Å². The smallest absolute Gasteiger partial charge is 0.254 e. The van der Waals surface area contributed by atoms with E-state index in [4.69, 9.17) is 9.15 Å². The zero-order valence-electron chi connectivity index (χ0n) is 14.0. The standard InChI is InChI=1S/C16H20N2O5S/c1-17(2)24(20,21)15-10-12(7-8-14(15)22-4)16(19)18(3)11-13-6-5-9-23-13/h5-10H,11H2,1-4H3. The molecule has 1 aromatic carbocycles. The summed E-state index contributed by atoms with van der Waals surface area (Å²) in [6.45, 7) is 0.285. The molecule has 0 fully saturated rings. The van der Waals surface area contributed by atoms with Gasteiger partial charge in [-0.2, -0.15) is 0 Å². The predicted octanol–water partition coefficient (Wildman–Crippen LogP) is 1.81. The molecule has 0 saturated heterocycles. The van der Waals surface area contributed by atoms with E-state index in [9.17, 15) is 13.2 Å². The van der Waals surface area contributed by atoms with Crippen LogP contribution in [0.1, 0.15) is 16.1 Å². The van der Waals surface area contributed by atoms with Gasteiger partial charge in [0.2, 0.25) is 10.0 Å². The number of sulfonamides is 1. The number of benzene rings is 1. The van der Waals surface area contributed by atoms with E-state index in [1.165, 1.54) is 50.6 Å². The molecule has 0 unspecified atom stereocenters. The third-order valence-electron chi connectivity index (χ3n) is 3.49. The van der Waals surface area contributed by atoms with Gasteiger partial charge >= 0.3 is 0 Å². The Bertz CT molecular complexity index is 813. The van der Waals surface area contributed by atoms with Crippen molar-refractivity contribution in [1.82, 2.24) is 9.21 Å². The van der Waals surface area contributed by atoms with E-state index in [0.717, 1.165) is 4.31 Å². The van der Waals surface area contributed by atoms with Gasteiger partial charge in [0, 0.05) is 26.7 Å². The number of hydrogen-bond donors (Lipinski definition) is 0. The topological polar surface area (TPSA) is 80.1 Å². The van der Waals surface area contributed by atoms with Crippen LogP contribution >= 0.6 is 0 Å². The minimum Gasteiger partial charge on any atom is -0.495 e. The summed E-state index contributed by atoms with van der Waals surface area (Å²) in [5.41, 5.74) is 0.255. The van der Waals surface area contributed by atoms with E-state index in [-0.39, 0.29) is 28.7 Å². The third kappa shape index (κ3) is 3.60. The number of ether oxygens (including phenoxy) is 1. The van der Waals surface area contributed by atoms with Crippen LogP contribution in [0.3, 0.4) is 0 Å². The summed E-state index contributed by atoms with van der Waals surface area (Å²) in [6.07, 6.45) is 1.53. The molecule has 0 aliphatic heterocycles. The highest BCUT2D eigenvalue weighted by Gasteiger charge is 2.24. The molecule has 0 aliphatic carbocycles. The summed E-state index contributed by atoms with van der Waals surface area (Å²) in [6, 6.07) is 7.84. The molecule has 7 nitrogen and oxygen atoms in total. The van der Waals surface area contributed by atoms with E-state index in [0.29, 0.717) is 5.76 Å². The van der Waals surface area contributed by atoms with Crippen LogP contribution in [0.15, 0.2) is 45.9 Å². The van der Waals surface area contributed by atoms with E-state index in [2.05, 4.69) is 0 Å². The Labute approximate surface area is 141 Å². The van der Waals surface area contributed by atoms with Gasteiger partial charge in [-0.3, -0.25) is 4.79 Å². The largest absolute Gasteiger partial charge is 0.495 e. The second-order valence-electron chi connectivity index (χ2n) is 5.39. The molecule has 1 heterocycles. The van der Waals surface area contributed by atoms with Crippen LogP contribution in [0.4, 0.5) is 0 Å². The maximum absolute atomic E-state index is 12.6. The summed E-state index contributed by atoms with van der Waals surface area (Å²) in [5, 5.41) is 0. The lowest BCUT2D eigenvalue weighted by Gasteiger charge is -2.18. The molecule has 130 valence electrons. The average Bonchev–Trinajstić information content (AvgIpc) is 3.06. The van der Waals surface area contributed by atoms with Gasteiger partial charge in [-0.25, -0.2) is 12.7 Å². The van der Waals surface area contributed by atoms with Crippen LogP contribution in [-0.2, 0) is 16.6 Å². The van der Waals surface area contributed by atoms with Crippen molar-refractivity contribution in [2.45, 2.75) is 11.4 Å². The molecule has 0 atom stereocenters. The maximum Gasteiger partial charge on any atom is 0.254 e. The molecule has 1 aromatic heterocycles. The molecule has 0 saturated carbocycles. The number of rotatable bonds is 6. The molecule has 1 amide bonds. The number of furan rings is 1. The van der Waals surface area contributed by atoms with Crippen LogP contribution < -0.4 is 4.74 Å². The second kappa shape index (κ2) is 7.06. The highest BCUT2D eigenvalue weighted by Crippen LogP contribution is 2.27. The molecule has 0 aliphatic rings. The SMILES string of the molecule is COc1ccc(C(=O)N(C)Cc2ccco2)cc1S(=O)(=O)N(C)C. The Balaban J connectivity index is 2.36. The molecular weight excluding hydrogens is 332 g/mol. The summed E-state index contributed by atoms with van der Waals surface area (Å²) < 4.78 is 36.2. The number of hydrogen-bond acceptors (Lipinski definition) is 5. The Morgan fingerprint density at radius 2 is 1.92 bits per heavy atom. The molecule has 2 aromatic rings. The second-order valence-corrected chi connectivity index (χ2v) is 7.51. The highest BCUT2D eigenvalue weighted by atomic mass is 32.2. The lowest BCUT2D eigenvalue weighted by Crippen LogP contribution is -2.27. The quantitative estimate of drug-likeness (QED) is 0.792. The first-order valence-electron chi connectivity index (χ1n) is 7.15. The molecule has 0 spiro atoms. The van der Waals surface area contributed by atoms with Crippen molar-refractivity contribution < 1.29 is 22.4 Å². The molecule has 0 radical (unpaired) electrons. The summed E-state index contributed by atoms with van der Waals surface area (Å²) >= 11 is 0. The predicted molar refractivity (Wildman–Crippen MR) is 88.4 cm³/mol. The van der Waals surface area contributed by atoms with Gasteiger partial charge in [0.25, 0.3) is 5.91 Å². The number of carbonyl (C=O) groups is 1. The molecular formula is C16H20N2O5S. The Morgan fingerprint density at radius 3 is 2.46 bits per heavy atom. The molecule has 24 heavy (non-hydrogen) atoms. The van der Waals surface area contributed by atoms with Gasteiger partial charge in [0.1, 0.15) is 16.4 Å².